The lowest BCUT2D eigenvalue weighted by Gasteiger charge is -2.08. The number of hydrogen-bond donors (Lipinski definition) is 2. The van der Waals surface area contributed by atoms with Crippen LogP contribution in [0, 0.1) is 6.92 Å². The van der Waals surface area contributed by atoms with Gasteiger partial charge in [-0.2, -0.15) is 5.10 Å². The van der Waals surface area contributed by atoms with Gasteiger partial charge in [0, 0.05) is 13.2 Å². The van der Waals surface area contributed by atoms with Crippen LogP contribution < -0.4 is 10.7 Å². The Balaban J connectivity index is 2.26. The summed E-state index contributed by atoms with van der Waals surface area (Å²) in [7, 11) is 1.74. The average Bonchev–Trinajstić information content (AvgIpc) is 2.49. The van der Waals surface area contributed by atoms with Gasteiger partial charge in [0.25, 0.3) is 0 Å². The van der Waals surface area contributed by atoms with Crippen LogP contribution in [0.1, 0.15) is 11.3 Å². The highest BCUT2D eigenvalue weighted by Gasteiger charge is 2.05. The molecule has 0 fully saturated rings. The first-order valence-electron chi connectivity index (χ1n) is 6.24. The molecule has 0 aliphatic carbocycles. The number of benzene rings is 1. The number of pyridine rings is 1. The van der Waals surface area contributed by atoms with Gasteiger partial charge in [0.15, 0.2) is 5.11 Å². The summed E-state index contributed by atoms with van der Waals surface area (Å²) in [5.74, 6) is 0. The monoisotopic (exact) mass is 284 g/mol. The second-order valence-electron chi connectivity index (χ2n) is 4.18. The predicted molar refractivity (Wildman–Crippen MR) is 86.8 cm³/mol. The summed E-state index contributed by atoms with van der Waals surface area (Å²) >= 11 is 4.95. The molecule has 0 bridgehead atoms. The lowest BCUT2D eigenvalue weighted by atomic mass is 10.0. The predicted octanol–water partition coefficient (Wildman–Crippen LogP) is 2.48. The largest absolute Gasteiger partial charge is 0.364 e. The van der Waals surface area contributed by atoms with Gasteiger partial charge in [-0.3, -0.25) is 10.4 Å². The molecule has 2 rings (SSSR count). The second kappa shape index (κ2) is 6.77. The summed E-state index contributed by atoms with van der Waals surface area (Å²) in [6, 6.07) is 12.2. The molecular weight excluding hydrogens is 268 g/mol. The maximum absolute atomic E-state index is 4.95. The number of nitrogens with one attached hydrogen (secondary N) is 2. The van der Waals surface area contributed by atoms with Crippen LogP contribution in [-0.2, 0) is 0 Å². The van der Waals surface area contributed by atoms with Crippen LogP contribution in [-0.4, -0.2) is 23.4 Å². The Morgan fingerprint density at radius 2 is 2.00 bits per heavy atom. The Kier molecular flexibility index (Phi) is 4.79. The van der Waals surface area contributed by atoms with Crippen LogP contribution in [0.25, 0.3) is 11.1 Å². The third-order valence-corrected chi connectivity index (χ3v) is 3.20. The first kappa shape index (κ1) is 14.1. The third kappa shape index (κ3) is 3.39. The highest BCUT2D eigenvalue weighted by Crippen LogP contribution is 2.23. The van der Waals surface area contributed by atoms with Gasteiger partial charge >= 0.3 is 0 Å². The zero-order valence-electron chi connectivity index (χ0n) is 11.4. The molecule has 102 valence electrons. The van der Waals surface area contributed by atoms with Gasteiger partial charge in [-0.05, 0) is 41.9 Å². The van der Waals surface area contributed by atoms with E-state index in [9.17, 15) is 0 Å². The third-order valence-electron chi connectivity index (χ3n) is 2.91. The molecule has 0 aliphatic heterocycles. The molecule has 0 aliphatic rings. The Hall–Kier alpha value is -2.27. The van der Waals surface area contributed by atoms with Gasteiger partial charge in [-0.25, -0.2) is 0 Å². The van der Waals surface area contributed by atoms with Crippen molar-refractivity contribution in [1.82, 2.24) is 15.7 Å². The molecule has 5 heteroatoms. The molecule has 0 spiro atoms. The van der Waals surface area contributed by atoms with E-state index >= 15 is 0 Å². The quantitative estimate of drug-likeness (QED) is 0.516. The Bertz CT molecular complexity index is 623. The molecular formula is C15H16N4S. The highest BCUT2D eigenvalue weighted by molar-refractivity contribution is 7.80. The number of aromatic nitrogens is 1. The minimum atomic E-state index is 0.470. The normalized spacial score (nSPS) is 10.5. The zero-order valence-corrected chi connectivity index (χ0v) is 12.2. The van der Waals surface area contributed by atoms with E-state index in [0.29, 0.717) is 5.11 Å². The van der Waals surface area contributed by atoms with Gasteiger partial charge in [0.05, 0.1) is 11.9 Å². The van der Waals surface area contributed by atoms with E-state index in [-0.39, 0.29) is 0 Å². The molecule has 20 heavy (non-hydrogen) atoms. The highest BCUT2D eigenvalue weighted by atomic mass is 32.1. The number of thiocarbonyl (C=S) groups is 1. The first-order chi connectivity index (χ1) is 9.72. The van der Waals surface area contributed by atoms with Crippen LogP contribution in [0.3, 0.4) is 0 Å². The topological polar surface area (TPSA) is 49.3 Å². The summed E-state index contributed by atoms with van der Waals surface area (Å²) < 4.78 is 0. The molecule has 2 aromatic rings. The second-order valence-corrected chi connectivity index (χ2v) is 4.59. The van der Waals surface area contributed by atoms with E-state index in [2.05, 4.69) is 33.0 Å². The van der Waals surface area contributed by atoms with Crippen LogP contribution in [0.15, 0.2) is 47.7 Å². The summed E-state index contributed by atoms with van der Waals surface area (Å²) in [5, 5.41) is 7.33. The first-order valence-corrected chi connectivity index (χ1v) is 6.65. The van der Waals surface area contributed by atoms with Crippen molar-refractivity contribution in [1.29, 1.82) is 0 Å². The summed E-state index contributed by atoms with van der Waals surface area (Å²) in [6.45, 7) is 2.03. The van der Waals surface area contributed by atoms with Crippen molar-refractivity contribution in [3.8, 4) is 11.1 Å². The SMILES string of the molecule is CNC(=S)NN=Cc1nccc(-c2ccccc2)c1C. The number of hydrogen-bond acceptors (Lipinski definition) is 3. The van der Waals surface area contributed by atoms with Gasteiger partial charge in [-0.15, -0.1) is 0 Å². The van der Waals surface area contributed by atoms with Crippen molar-refractivity contribution in [3.63, 3.8) is 0 Å². The fourth-order valence-corrected chi connectivity index (χ4v) is 1.87. The smallest absolute Gasteiger partial charge is 0.186 e. The fourth-order valence-electron chi connectivity index (χ4n) is 1.82. The van der Waals surface area contributed by atoms with Crippen LogP contribution in [0.4, 0.5) is 0 Å². The van der Waals surface area contributed by atoms with E-state index in [1.807, 2.05) is 31.2 Å². The molecule has 0 unspecified atom stereocenters. The number of hydrazone groups is 1. The van der Waals surface area contributed by atoms with Gasteiger partial charge < -0.3 is 5.32 Å². The van der Waals surface area contributed by atoms with E-state index in [0.717, 1.165) is 16.8 Å². The lowest BCUT2D eigenvalue weighted by Crippen LogP contribution is -2.28. The van der Waals surface area contributed by atoms with Gasteiger partial charge in [0.2, 0.25) is 0 Å². The average molecular weight is 284 g/mol. The summed E-state index contributed by atoms with van der Waals surface area (Å²) in [4.78, 5) is 4.33. The fraction of sp³-hybridized carbons (Fsp3) is 0.133. The molecule has 0 saturated heterocycles. The molecule has 0 radical (unpaired) electrons. The Morgan fingerprint density at radius 1 is 1.25 bits per heavy atom. The maximum atomic E-state index is 4.95. The minimum absolute atomic E-state index is 0.470. The lowest BCUT2D eigenvalue weighted by molar-refractivity contribution is 0.980. The van der Waals surface area contributed by atoms with Crippen molar-refractivity contribution in [3.05, 3.63) is 53.9 Å². The van der Waals surface area contributed by atoms with Crippen LogP contribution in [0.5, 0.6) is 0 Å². The number of rotatable bonds is 3. The Morgan fingerprint density at radius 3 is 2.70 bits per heavy atom. The van der Waals surface area contributed by atoms with E-state index in [1.54, 1.807) is 19.5 Å². The summed E-state index contributed by atoms with van der Waals surface area (Å²) in [5.41, 5.74) is 6.94. The molecule has 1 heterocycles. The van der Waals surface area contributed by atoms with Gasteiger partial charge in [-0.1, -0.05) is 30.3 Å². The van der Waals surface area contributed by atoms with Crippen molar-refractivity contribution in [2.45, 2.75) is 6.92 Å². The molecule has 0 amide bonds. The van der Waals surface area contributed by atoms with Crippen molar-refractivity contribution >= 4 is 23.5 Å². The molecule has 0 atom stereocenters. The Labute approximate surface area is 123 Å². The molecule has 0 saturated carbocycles. The van der Waals surface area contributed by atoms with Crippen molar-refractivity contribution in [2.24, 2.45) is 5.10 Å². The van der Waals surface area contributed by atoms with Crippen molar-refractivity contribution < 1.29 is 0 Å². The van der Waals surface area contributed by atoms with E-state index in [4.69, 9.17) is 12.2 Å². The van der Waals surface area contributed by atoms with E-state index in [1.165, 1.54) is 5.56 Å². The molecule has 1 aromatic carbocycles. The standard InChI is InChI=1S/C15H16N4S/c1-11-13(12-6-4-3-5-7-12)8-9-17-14(11)10-18-19-15(20)16-2/h3-10H,1-2H3,(H2,16,19,20). The van der Waals surface area contributed by atoms with Gasteiger partial charge in [0.1, 0.15) is 0 Å². The van der Waals surface area contributed by atoms with Crippen molar-refractivity contribution in [2.75, 3.05) is 7.05 Å². The van der Waals surface area contributed by atoms with E-state index < -0.39 is 0 Å². The molecule has 4 nitrogen and oxygen atoms in total. The van der Waals surface area contributed by atoms with Crippen LogP contribution >= 0.6 is 12.2 Å². The maximum Gasteiger partial charge on any atom is 0.186 e. The molecule has 1 aromatic heterocycles. The van der Waals surface area contributed by atoms with Crippen LogP contribution in [0.2, 0.25) is 0 Å². The minimum Gasteiger partial charge on any atom is -0.364 e. The molecule has 2 N–H and O–H groups in total. The number of nitrogens with zero attached hydrogens (tertiary/aromatic N) is 2. The zero-order chi connectivity index (χ0) is 14.4. The summed E-state index contributed by atoms with van der Waals surface area (Å²) in [6.07, 6.45) is 3.46.